The molecule has 0 fully saturated rings. The molecule has 0 aromatic heterocycles. The van der Waals surface area contributed by atoms with Crippen LogP contribution in [0.4, 0.5) is 0 Å². The SMILES string of the molecule is CC(=C=C1C=C[C](Cl)C=C1)OC(=O)C(Cl)(Cl)Cl.[Cl-].[Hg+]. The Labute approximate surface area is 158 Å². The summed E-state index contributed by atoms with van der Waals surface area (Å²) >= 11 is 21.8. The number of ether oxygens (including phenoxy) is 1. The Hall–Kier alpha value is 0.855. The summed E-state index contributed by atoms with van der Waals surface area (Å²) in [4.78, 5) is 11.2. The zero-order chi connectivity index (χ0) is 13.1. The molecule has 0 aliphatic heterocycles. The van der Waals surface area contributed by atoms with E-state index in [0.717, 1.165) is 0 Å². The van der Waals surface area contributed by atoms with Crippen LogP contribution in [0.15, 0.2) is 41.4 Å². The molecule has 1 aliphatic carbocycles. The molecule has 0 saturated heterocycles. The van der Waals surface area contributed by atoms with Crippen LogP contribution in [0.25, 0.3) is 0 Å². The summed E-state index contributed by atoms with van der Waals surface area (Å²) in [5.74, 6) is -0.773. The summed E-state index contributed by atoms with van der Waals surface area (Å²) in [5, 5.41) is 0.603. The van der Waals surface area contributed by atoms with Gasteiger partial charge in [0.1, 0.15) is 11.1 Å². The maximum atomic E-state index is 11.2. The molecule has 2 radical (unpaired) electrons. The third-order valence-corrected chi connectivity index (χ3v) is 2.36. The third-order valence-electron chi connectivity index (χ3n) is 1.64. The normalized spacial score (nSPS) is 14.1. The van der Waals surface area contributed by atoms with Crippen LogP contribution in [0.5, 0.6) is 0 Å². The van der Waals surface area contributed by atoms with Crippen molar-refractivity contribution in [2.45, 2.75) is 10.7 Å². The van der Waals surface area contributed by atoms with Gasteiger partial charge in [-0.25, -0.2) is 4.79 Å². The van der Waals surface area contributed by atoms with E-state index in [1.807, 2.05) is 0 Å². The minimum atomic E-state index is -2.09. The molecular weight excluding hydrogens is 542 g/mol. The van der Waals surface area contributed by atoms with Crippen molar-refractivity contribution in [3.8, 4) is 0 Å². The van der Waals surface area contributed by atoms with Gasteiger partial charge < -0.3 is 17.1 Å². The van der Waals surface area contributed by atoms with Crippen molar-refractivity contribution in [1.29, 1.82) is 0 Å². The van der Waals surface area contributed by atoms with Gasteiger partial charge in [0.25, 0.3) is 3.79 Å². The Bertz CT molecular complexity index is 428. The fourth-order valence-corrected chi connectivity index (χ4v) is 1.20. The summed E-state index contributed by atoms with van der Waals surface area (Å²) in [7, 11) is 0. The summed E-state index contributed by atoms with van der Waals surface area (Å²) in [6, 6.07) is 0. The molecule has 0 atom stereocenters. The first-order valence-corrected chi connectivity index (χ1v) is 5.95. The van der Waals surface area contributed by atoms with E-state index >= 15 is 0 Å². The number of hydrogen-bond donors (Lipinski definition) is 0. The summed E-state index contributed by atoms with van der Waals surface area (Å²) in [5.41, 5.74) is 3.51. The standard InChI is InChI=1S/C11H7Cl4O2.ClH.Hg/c1-7(17-10(16)11(13,14)15)6-8-2-4-9(12)5-3-8;;/h2-5H,1H3;1H;/q;;+1/p-1. The topological polar surface area (TPSA) is 26.3 Å². The second-order valence-corrected chi connectivity index (χ2v) is 5.79. The number of alkyl halides is 3. The number of esters is 1. The largest absolute Gasteiger partial charge is 1.00 e. The van der Waals surface area contributed by atoms with Gasteiger partial charge in [0.2, 0.25) is 0 Å². The van der Waals surface area contributed by atoms with Crippen LogP contribution in [0.1, 0.15) is 6.92 Å². The smallest absolute Gasteiger partial charge is 1.00 e. The quantitative estimate of drug-likeness (QED) is 0.162. The van der Waals surface area contributed by atoms with E-state index in [2.05, 4.69) is 5.73 Å². The monoisotopic (exact) mass is 548 g/mol. The van der Waals surface area contributed by atoms with Crippen LogP contribution in [0.3, 0.4) is 0 Å². The van der Waals surface area contributed by atoms with E-state index in [1.165, 1.54) is 6.92 Å². The minimum absolute atomic E-state index is 0. The van der Waals surface area contributed by atoms with Crippen molar-refractivity contribution in [2.24, 2.45) is 0 Å². The molecule has 8 heteroatoms. The van der Waals surface area contributed by atoms with Gasteiger partial charge >= 0.3 is 33.6 Å². The Morgan fingerprint density at radius 3 is 2.11 bits per heavy atom. The Morgan fingerprint density at radius 2 is 1.68 bits per heavy atom. The number of allylic oxidation sites excluding steroid dienone is 5. The van der Waals surface area contributed by atoms with Gasteiger partial charge in [-0.1, -0.05) is 52.7 Å². The zero-order valence-electron chi connectivity index (χ0n) is 9.72. The fraction of sp³-hybridized carbons (Fsp3) is 0.182. The maximum Gasteiger partial charge on any atom is 1.00 e. The van der Waals surface area contributed by atoms with Gasteiger partial charge in [0, 0.05) is 12.5 Å². The predicted octanol–water partition coefficient (Wildman–Crippen LogP) is 1.23. The minimum Gasteiger partial charge on any atom is -1.00 e. The number of hydrogen-bond acceptors (Lipinski definition) is 2. The van der Waals surface area contributed by atoms with Gasteiger partial charge in [-0.05, 0) is 12.2 Å². The molecule has 19 heavy (non-hydrogen) atoms. The fourth-order valence-electron chi connectivity index (χ4n) is 0.959. The van der Waals surface area contributed by atoms with E-state index in [1.54, 1.807) is 24.3 Å². The molecule has 0 spiro atoms. The van der Waals surface area contributed by atoms with E-state index in [0.29, 0.717) is 11.0 Å². The maximum absolute atomic E-state index is 11.2. The predicted molar refractivity (Wildman–Crippen MR) is 70.0 cm³/mol. The Morgan fingerprint density at radius 1 is 1.21 bits per heavy atom. The van der Waals surface area contributed by atoms with Gasteiger partial charge in [0.15, 0.2) is 0 Å². The van der Waals surface area contributed by atoms with Crippen LogP contribution >= 0.6 is 46.4 Å². The molecule has 1 aliphatic rings. The van der Waals surface area contributed by atoms with Crippen molar-refractivity contribution >= 4 is 52.4 Å². The molecule has 2 nitrogen and oxygen atoms in total. The first-order chi connectivity index (χ1) is 7.79. The summed E-state index contributed by atoms with van der Waals surface area (Å²) < 4.78 is 2.69. The molecule has 0 amide bonds. The average molecular weight is 549 g/mol. The van der Waals surface area contributed by atoms with Gasteiger partial charge in [-0.15, -0.1) is 11.6 Å². The first-order valence-electron chi connectivity index (χ1n) is 4.44. The first kappa shape index (κ1) is 22.1. The molecule has 0 heterocycles. The van der Waals surface area contributed by atoms with Crippen molar-refractivity contribution in [3.05, 3.63) is 46.7 Å². The molecule has 100 valence electrons. The van der Waals surface area contributed by atoms with E-state index in [-0.39, 0.29) is 45.8 Å². The average Bonchev–Trinajstić information content (AvgIpc) is 2.20. The third kappa shape index (κ3) is 8.67. The molecule has 0 aromatic carbocycles. The van der Waals surface area contributed by atoms with E-state index in [9.17, 15) is 4.79 Å². The van der Waals surface area contributed by atoms with Crippen molar-refractivity contribution < 1.29 is 49.6 Å². The number of rotatable bonds is 1. The molecule has 0 saturated carbocycles. The van der Waals surface area contributed by atoms with Crippen molar-refractivity contribution in [1.82, 2.24) is 0 Å². The van der Waals surface area contributed by atoms with Crippen LogP contribution < -0.4 is 12.4 Å². The van der Waals surface area contributed by atoms with Crippen LogP contribution in [-0.2, 0) is 37.2 Å². The van der Waals surface area contributed by atoms with Gasteiger partial charge in [-0.2, -0.15) is 0 Å². The molecule has 0 N–H and O–H groups in total. The molecule has 0 aromatic rings. The molecule has 0 unspecified atom stereocenters. The number of carbonyl (C=O) groups is 1. The van der Waals surface area contributed by atoms with Crippen LogP contribution in [0.2, 0.25) is 0 Å². The second kappa shape index (κ2) is 9.73. The molecule has 0 bridgehead atoms. The van der Waals surface area contributed by atoms with E-state index in [4.69, 9.17) is 51.1 Å². The van der Waals surface area contributed by atoms with Crippen molar-refractivity contribution in [2.75, 3.05) is 0 Å². The van der Waals surface area contributed by atoms with E-state index < -0.39 is 9.76 Å². The van der Waals surface area contributed by atoms with Gasteiger partial charge in [0.05, 0.1) is 0 Å². The summed E-state index contributed by atoms with van der Waals surface area (Å²) in [6.07, 6.45) is 6.81. The molecular formula is C11H7Cl5HgO2. The molecule has 1 rings (SSSR count). The van der Waals surface area contributed by atoms with Crippen molar-refractivity contribution in [3.63, 3.8) is 0 Å². The Kier molecular flexibility index (Phi) is 11.3. The summed E-state index contributed by atoms with van der Waals surface area (Å²) in [6.45, 7) is 1.53. The second-order valence-electron chi connectivity index (χ2n) is 3.08. The zero-order valence-corrected chi connectivity index (χ0v) is 19.0. The van der Waals surface area contributed by atoms with Gasteiger partial charge in [-0.3, -0.25) is 0 Å². The van der Waals surface area contributed by atoms with Crippen LogP contribution in [-0.4, -0.2) is 9.76 Å². The number of carbonyl (C=O) groups excluding carboxylic acids is 1. The van der Waals surface area contributed by atoms with Crippen LogP contribution in [0, 0.1) is 5.38 Å². The Balaban J connectivity index is 0. The number of halogens is 5.